The van der Waals surface area contributed by atoms with Gasteiger partial charge >= 0.3 is 0 Å². The molecule has 2 rings (SSSR count). The number of hydrogen-bond donors (Lipinski definition) is 1. The number of ether oxygens (including phenoxy) is 3. The van der Waals surface area contributed by atoms with E-state index in [1.807, 2.05) is 38.1 Å². The van der Waals surface area contributed by atoms with Crippen LogP contribution < -0.4 is 10.1 Å². The molecule has 1 heterocycles. The van der Waals surface area contributed by atoms with Crippen molar-refractivity contribution in [3.63, 3.8) is 0 Å². The normalized spacial score (nSPS) is 20.0. The molecule has 0 aromatic heterocycles. The summed E-state index contributed by atoms with van der Waals surface area (Å²) in [6.45, 7) is 7.38. The molecule has 0 bridgehead atoms. The molecule has 1 aromatic rings. The van der Waals surface area contributed by atoms with E-state index in [1.165, 1.54) is 0 Å². The fourth-order valence-corrected chi connectivity index (χ4v) is 2.44. The fourth-order valence-electron chi connectivity index (χ4n) is 2.44. The predicted molar refractivity (Wildman–Crippen MR) is 88.7 cm³/mol. The van der Waals surface area contributed by atoms with Gasteiger partial charge < -0.3 is 19.5 Å². The molecule has 1 N–H and O–H groups in total. The Labute approximate surface area is 138 Å². The first-order valence-corrected chi connectivity index (χ1v) is 8.28. The number of rotatable bonds is 8. The molecular weight excluding hydrogens is 294 g/mol. The molecule has 0 spiro atoms. The van der Waals surface area contributed by atoms with Crippen LogP contribution in [0.3, 0.4) is 0 Å². The Balaban J connectivity index is 1.68. The first kappa shape index (κ1) is 17.8. The summed E-state index contributed by atoms with van der Waals surface area (Å²) in [4.78, 5) is 12.1. The van der Waals surface area contributed by atoms with Gasteiger partial charge in [-0.25, -0.2) is 0 Å². The molecule has 1 saturated heterocycles. The molecule has 5 nitrogen and oxygen atoms in total. The van der Waals surface area contributed by atoms with Crippen LogP contribution in [0, 0.1) is 6.92 Å². The number of amides is 1. The van der Waals surface area contributed by atoms with Crippen molar-refractivity contribution >= 4 is 5.91 Å². The molecule has 1 aliphatic heterocycles. The maximum Gasteiger partial charge on any atom is 0.249 e. The van der Waals surface area contributed by atoms with Crippen molar-refractivity contribution in [1.29, 1.82) is 0 Å². The highest BCUT2D eigenvalue weighted by Gasteiger charge is 2.20. The van der Waals surface area contributed by atoms with E-state index in [1.54, 1.807) is 6.92 Å². The average molecular weight is 321 g/mol. The van der Waals surface area contributed by atoms with Crippen LogP contribution in [0.2, 0.25) is 0 Å². The SMILES string of the molecule is Cc1ccccc1OC[C@H](C)NC(=O)[C@H](C)OC[C@H]1CCCO1. The molecule has 23 heavy (non-hydrogen) atoms. The number of carbonyl (C=O) groups is 1. The summed E-state index contributed by atoms with van der Waals surface area (Å²) in [5, 5.41) is 2.91. The highest BCUT2D eigenvalue weighted by molar-refractivity contribution is 5.80. The standard InChI is InChI=1S/C18H27NO4/c1-13-7-4-5-9-17(13)23-11-14(2)19-18(20)15(3)22-12-16-8-6-10-21-16/h4-5,7,9,14-16H,6,8,10-12H2,1-3H3,(H,19,20)/t14-,15-,16+/m0/s1. The monoisotopic (exact) mass is 321 g/mol. The third kappa shape index (κ3) is 5.84. The molecule has 1 amide bonds. The van der Waals surface area contributed by atoms with Gasteiger partial charge in [-0.05, 0) is 45.2 Å². The van der Waals surface area contributed by atoms with Crippen molar-refractivity contribution < 1.29 is 19.0 Å². The second-order valence-electron chi connectivity index (χ2n) is 6.10. The summed E-state index contributed by atoms with van der Waals surface area (Å²) in [5.74, 6) is 0.722. The van der Waals surface area contributed by atoms with Crippen molar-refractivity contribution in [2.45, 2.75) is 51.9 Å². The number of nitrogens with one attached hydrogen (secondary N) is 1. The Hall–Kier alpha value is -1.59. The first-order valence-electron chi connectivity index (χ1n) is 8.28. The van der Waals surface area contributed by atoms with E-state index in [4.69, 9.17) is 14.2 Å². The Morgan fingerprint density at radius 1 is 1.39 bits per heavy atom. The van der Waals surface area contributed by atoms with Crippen LogP contribution in [0.1, 0.15) is 32.3 Å². The van der Waals surface area contributed by atoms with Gasteiger partial charge in [-0.3, -0.25) is 4.79 Å². The minimum absolute atomic E-state index is 0.0871. The van der Waals surface area contributed by atoms with E-state index >= 15 is 0 Å². The molecule has 1 aliphatic rings. The van der Waals surface area contributed by atoms with Crippen LogP contribution in [-0.2, 0) is 14.3 Å². The Bertz CT molecular complexity index is 500. The zero-order valence-corrected chi connectivity index (χ0v) is 14.2. The topological polar surface area (TPSA) is 56.8 Å². The number of benzene rings is 1. The van der Waals surface area contributed by atoms with Gasteiger partial charge in [0.25, 0.3) is 0 Å². The molecule has 5 heteroatoms. The van der Waals surface area contributed by atoms with Gasteiger partial charge in [0.15, 0.2) is 0 Å². The minimum atomic E-state index is -0.486. The second kappa shape index (κ2) is 8.89. The van der Waals surface area contributed by atoms with Crippen molar-refractivity contribution in [2.75, 3.05) is 19.8 Å². The van der Waals surface area contributed by atoms with Gasteiger partial charge in [0, 0.05) is 6.61 Å². The average Bonchev–Trinajstić information content (AvgIpc) is 3.05. The number of aryl methyl sites for hydroxylation is 1. The van der Waals surface area contributed by atoms with Crippen molar-refractivity contribution in [3.05, 3.63) is 29.8 Å². The summed E-state index contributed by atoms with van der Waals surface area (Å²) in [5.41, 5.74) is 1.08. The minimum Gasteiger partial charge on any atom is -0.491 e. The Morgan fingerprint density at radius 3 is 2.87 bits per heavy atom. The van der Waals surface area contributed by atoms with Gasteiger partial charge in [-0.15, -0.1) is 0 Å². The van der Waals surface area contributed by atoms with Crippen LogP contribution in [0.5, 0.6) is 5.75 Å². The molecule has 3 atom stereocenters. The fraction of sp³-hybridized carbons (Fsp3) is 0.611. The third-order valence-corrected chi connectivity index (χ3v) is 3.90. The van der Waals surface area contributed by atoms with E-state index in [2.05, 4.69) is 5.32 Å². The number of carbonyl (C=O) groups excluding carboxylic acids is 1. The molecule has 128 valence electrons. The van der Waals surface area contributed by atoms with E-state index in [9.17, 15) is 4.79 Å². The van der Waals surface area contributed by atoms with Gasteiger partial charge in [-0.2, -0.15) is 0 Å². The molecule has 0 radical (unpaired) electrons. The maximum atomic E-state index is 12.1. The van der Waals surface area contributed by atoms with E-state index in [0.717, 1.165) is 30.8 Å². The third-order valence-electron chi connectivity index (χ3n) is 3.90. The molecule has 0 aliphatic carbocycles. The summed E-state index contributed by atoms with van der Waals surface area (Å²) < 4.78 is 16.8. The lowest BCUT2D eigenvalue weighted by Gasteiger charge is -2.20. The lowest BCUT2D eigenvalue weighted by Crippen LogP contribution is -2.43. The van der Waals surface area contributed by atoms with Crippen LogP contribution in [0.25, 0.3) is 0 Å². The molecule has 0 saturated carbocycles. The van der Waals surface area contributed by atoms with Gasteiger partial charge in [0.1, 0.15) is 18.5 Å². The highest BCUT2D eigenvalue weighted by atomic mass is 16.5. The smallest absolute Gasteiger partial charge is 0.249 e. The van der Waals surface area contributed by atoms with Crippen LogP contribution in [-0.4, -0.2) is 44.0 Å². The maximum absolute atomic E-state index is 12.1. The van der Waals surface area contributed by atoms with Crippen LogP contribution in [0.15, 0.2) is 24.3 Å². The number of para-hydroxylation sites is 1. The summed E-state index contributed by atoms with van der Waals surface area (Å²) in [6.07, 6.45) is 1.73. The van der Waals surface area contributed by atoms with Gasteiger partial charge in [-0.1, -0.05) is 18.2 Å². The summed E-state index contributed by atoms with van der Waals surface area (Å²) in [6, 6.07) is 7.75. The first-order chi connectivity index (χ1) is 11.1. The van der Waals surface area contributed by atoms with Crippen molar-refractivity contribution in [3.8, 4) is 5.75 Å². The van der Waals surface area contributed by atoms with E-state index < -0.39 is 6.10 Å². The Morgan fingerprint density at radius 2 is 2.17 bits per heavy atom. The quantitative estimate of drug-likeness (QED) is 0.799. The lowest BCUT2D eigenvalue weighted by molar-refractivity contribution is -0.134. The predicted octanol–water partition coefficient (Wildman–Crippen LogP) is 2.46. The zero-order chi connectivity index (χ0) is 16.7. The van der Waals surface area contributed by atoms with Gasteiger partial charge in [0.2, 0.25) is 5.91 Å². The lowest BCUT2D eigenvalue weighted by atomic mass is 10.2. The van der Waals surface area contributed by atoms with Crippen molar-refractivity contribution in [2.24, 2.45) is 0 Å². The Kier molecular flexibility index (Phi) is 6.86. The number of hydrogen-bond acceptors (Lipinski definition) is 4. The summed E-state index contributed by atoms with van der Waals surface area (Å²) >= 11 is 0. The largest absolute Gasteiger partial charge is 0.491 e. The van der Waals surface area contributed by atoms with Crippen LogP contribution in [0.4, 0.5) is 0 Å². The summed E-state index contributed by atoms with van der Waals surface area (Å²) in [7, 11) is 0. The van der Waals surface area contributed by atoms with Gasteiger partial charge in [0.05, 0.1) is 18.8 Å². The molecule has 1 fully saturated rings. The second-order valence-corrected chi connectivity index (χ2v) is 6.10. The molecule has 1 aromatic carbocycles. The van der Waals surface area contributed by atoms with Crippen LogP contribution >= 0.6 is 0 Å². The molecule has 0 unspecified atom stereocenters. The zero-order valence-electron chi connectivity index (χ0n) is 14.2. The van der Waals surface area contributed by atoms with E-state index in [-0.39, 0.29) is 18.1 Å². The van der Waals surface area contributed by atoms with E-state index in [0.29, 0.717) is 13.2 Å². The van der Waals surface area contributed by atoms with Crippen molar-refractivity contribution in [1.82, 2.24) is 5.32 Å². The highest BCUT2D eigenvalue weighted by Crippen LogP contribution is 2.16. The molecular formula is C18H27NO4.